The third-order valence-electron chi connectivity index (χ3n) is 2.73. The van der Waals surface area contributed by atoms with Crippen molar-refractivity contribution in [3.8, 4) is 10.6 Å². The van der Waals surface area contributed by atoms with Crippen molar-refractivity contribution < 1.29 is 9.13 Å². The molecule has 0 radical (unpaired) electrons. The predicted octanol–water partition coefficient (Wildman–Crippen LogP) is 2.81. The molecule has 3 rings (SSSR count). The van der Waals surface area contributed by atoms with Crippen molar-refractivity contribution in [2.45, 2.75) is 12.8 Å². The largest absolute Gasteiger partial charge is 0.380 e. The molecule has 0 N–H and O–H groups in total. The molecule has 18 heavy (non-hydrogen) atoms. The summed E-state index contributed by atoms with van der Waals surface area (Å²) in [6, 6.07) is 0. The molecule has 1 aliphatic heterocycles. The van der Waals surface area contributed by atoms with Crippen LogP contribution in [0.2, 0.25) is 5.28 Å². The van der Waals surface area contributed by atoms with Crippen molar-refractivity contribution in [2.24, 2.45) is 0 Å². The smallest absolute Gasteiger partial charge is 0.223 e. The van der Waals surface area contributed by atoms with Gasteiger partial charge in [0.15, 0.2) is 5.82 Å². The van der Waals surface area contributed by atoms with Gasteiger partial charge in [-0.15, -0.1) is 11.3 Å². The lowest BCUT2D eigenvalue weighted by atomic mass is 10.1. The summed E-state index contributed by atoms with van der Waals surface area (Å²) >= 11 is 7.14. The Balaban J connectivity index is 2.05. The number of hydrogen-bond acceptors (Lipinski definition) is 5. The van der Waals surface area contributed by atoms with Gasteiger partial charge in [0.2, 0.25) is 5.28 Å². The Hall–Kier alpha value is -1.11. The molecule has 2 aromatic rings. The van der Waals surface area contributed by atoms with Crippen LogP contribution in [-0.2, 0) is 4.74 Å². The quantitative estimate of drug-likeness (QED) is 0.796. The number of aromatic nitrogens is 3. The molecule has 7 heteroatoms. The molecule has 0 bridgehead atoms. The van der Waals surface area contributed by atoms with Crippen LogP contribution in [0, 0.1) is 12.7 Å². The highest BCUT2D eigenvalue weighted by molar-refractivity contribution is 7.15. The van der Waals surface area contributed by atoms with Gasteiger partial charge in [-0.05, 0) is 18.5 Å². The van der Waals surface area contributed by atoms with E-state index in [0.717, 1.165) is 16.9 Å². The second kappa shape index (κ2) is 4.53. The highest BCUT2D eigenvalue weighted by Gasteiger charge is 2.26. The fraction of sp³-hybridized carbons (Fsp3) is 0.364. The molecule has 1 fully saturated rings. The van der Waals surface area contributed by atoms with Gasteiger partial charge in [0, 0.05) is 0 Å². The molecule has 1 saturated heterocycles. The molecular weight excluding hydrogens is 277 g/mol. The van der Waals surface area contributed by atoms with E-state index in [1.165, 1.54) is 11.3 Å². The molecule has 3 heterocycles. The van der Waals surface area contributed by atoms with Crippen LogP contribution in [0.5, 0.6) is 0 Å². The van der Waals surface area contributed by atoms with Gasteiger partial charge < -0.3 is 4.74 Å². The van der Waals surface area contributed by atoms with E-state index >= 15 is 0 Å². The van der Waals surface area contributed by atoms with Gasteiger partial charge in [0.1, 0.15) is 10.7 Å². The molecule has 2 aromatic heterocycles. The van der Waals surface area contributed by atoms with Crippen LogP contribution in [0.3, 0.4) is 0 Å². The maximum atomic E-state index is 13.7. The monoisotopic (exact) mass is 285 g/mol. The molecule has 0 saturated carbocycles. The minimum Gasteiger partial charge on any atom is -0.380 e. The Morgan fingerprint density at radius 2 is 2.22 bits per heavy atom. The summed E-state index contributed by atoms with van der Waals surface area (Å²) in [5.41, 5.74) is 0.979. The van der Waals surface area contributed by atoms with Crippen LogP contribution in [0.25, 0.3) is 10.6 Å². The van der Waals surface area contributed by atoms with E-state index in [9.17, 15) is 4.39 Å². The Bertz CT molecular complexity index is 600. The van der Waals surface area contributed by atoms with Crippen molar-refractivity contribution in [3.05, 3.63) is 28.0 Å². The lowest BCUT2D eigenvalue weighted by molar-refractivity contribution is 0.00831. The second-order valence-electron chi connectivity index (χ2n) is 4.04. The molecule has 4 nitrogen and oxygen atoms in total. The van der Waals surface area contributed by atoms with Crippen molar-refractivity contribution >= 4 is 22.9 Å². The van der Waals surface area contributed by atoms with Gasteiger partial charge in [-0.3, -0.25) is 0 Å². The zero-order valence-corrected chi connectivity index (χ0v) is 11.1. The van der Waals surface area contributed by atoms with Gasteiger partial charge in [0.25, 0.3) is 0 Å². The minimum absolute atomic E-state index is 0.0349. The van der Waals surface area contributed by atoms with Crippen molar-refractivity contribution in [1.29, 1.82) is 0 Å². The number of thiazole rings is 1. The van der Waals surface area contributed by atoms with E-state index < -0.39 is 5.82 Å². The number of aryl methyl sites for hydroxylation is 1. The Kier molecular flexibility index (Phi) is 3.01. The number of ether oxygens (including phenoxy) is 1. The third kappa shape index (κ3) is 2.00. The summed E-state index contributed by atoms with van der Waals surface area (Å²) in [7, 11) is 0. The molecule has 1 aliphatic rings. The van der Waals surface area contributed by atoms with E-state index in [2.05, 4.69) is 15.0 Å². The van der Waals surface area contributed by atoms with Crippen LogP contribution >= 0.6 is 22.9 Å². The molecule has 0 amide bonds. The zero-order valence-electron chi connectivity index (χ0n) is 9.48. The van der Waals surface area contributed by atoms with Gasteiger partial charge in [-0.1, -0.05) is 0 Å². The maximum Gasteiger partial charge on any atom is 0.223 e. The lowest BCUT2D eigenvalue weighted by Gasteiger charge is -2.23. The molecule has 94 valence electrons. The molecule has 0 aliphatic carbocycles. The van der Waals surface area contributed by atoms with E-state index in [1.54, 1.807) is 0 Å². The first kappa shape index (κ1) is 12.0. The SMILES string of the molecule is Cc1nc(C2COC2)sc1-c1nc(Cl)ncc1F. The van der Waals surface area contributed by atoms with Crippen LogP contribution in [0.15, 0.2) is 6.20 Å². The highest BCUT2D eigenvalue weighted by Crippen LogP contribution is 2.36. The van der Waals surface area contributed by atoms with Gasteiger partial charge in [0.05, 0.1) is 35.9 Å². The van der Waals surface area contributed by atoms with E-state index in [1.807, 2.05) is 6.92 Å². The second-order valence-corrected chi connectivity index (χ2v) is 5.41. The summed E-state index contributed by atoms with van der Waals surface area (Å²) in [6.07, 6.45) is 1.08. The van der Waals surface area contributed by atoms with E-state index in [-0.39, 0.29) is 11.0 Å². The van der Waals surface area contributed by atoms with E-state index in [0.29, 0.717) is 24.0 Å². The molecule has 0 atom stereocenters. The highest BCUT2D eigenvalue weighted by atomic mass is 35.5. The van der Waals surface area contributed by atoms with Crippen molar-refractivity contribution in [1.82, 2.24) is 15.0 Å². The normalized spacial score (nSPS) is 15.7. The fourth-order valence-corrected chi connectivity index (χ4v) is 2.96. The number of nitrogens with zero attached hydrogens (tertiary/aromatic N) is 3. The van der Waals surface area contributed by atoms with E-state index in [4.69, 9.17) is 16.3 Å². The van der Waals surface area contributed by atoms with Gasteiger partial charge in [-0.2, -0.15) is 0 Å². The molecule has 0 spiro atoms. The first-order valence-corrected chi connectivity index (χ1v) is 6.58. The van der Waals surface area contributed by atoms with Gasteiger partial charge >= 0.3 is 0 Å². The van der Waals surface area contributed by atoms with Crippen LogP contribution in [-0.4, -0.2) is 28.2 Å². The van der Waals surface area contributed by atoms with Crippen LogP contribution in [0.4, 0.5) is 4.39 Å². The number of rotatable bonds is 2. The Morgan fingerprint density at radius 1 is 1.44 bits per heavy atom. The molecular formula is C11H9ClFN3OS. The summed E-state index contributed by atoms with van der Waals surface area (Å²) in [4.78, 5) is 12.7. The standard InChI is InChI=1S/C11H9ClFN3OS/c1-5-9(8-7(13)2-14-11(12)16-8)18-10(15-5)6-3-17-4-6/h2,6H,3-4H2,1H3. The first-order valence-electron chi connectivity index (χ1n) is 5.38. The molecule has 0 unspecified atom stereocenters. The average Bonchev–Trinajstić information content (AvgIpc) is 2.61. The zero-order chi connectivity index (χ0) is 12.7. The first-order chi connectivity index (χ1) is 8.65. The minimum atomic E-state index is -0.484. The number of hydrogen-bond donors (Lipinski definition) is 0. The average molecular weight is 286 g/mol. The van der Waals surface area contributed by atoms with Crippen LogP contribution in [0.1, 0.15) is 16.6 Å². The van der Waals surface area contributed by atoms with Crippen molar-refractivity contribution in [2.75, 3.05) is 13.2 Å². The maximum absolute atomic E-state index is 13.7. The summed E-state index contributed by atoms with van der Waals surface area (Å²) < 4.78 is 18.8. The summed E-state index contributed by atoms with van der Waals surface area (Å²) in [5, 5.41) is 0.996. The van der Waals surface area contributed by atoms with Crippen LogP contribution < -0.4 is 0 Å². The Labute approximate surface area is 112 Å². The number of halogens is 2. The lowest BCUT2D eigenvalue weighted by Crippen LogP contribution is -2.24. The van der Waals surface area contributed by atoms with Gasteiger partial charge in [-0.25, -0.2) is 19.3 Å². The summed E-state index contributed by atoms with van der Waals surface area (Å²) in [6.45, 7) is 3.20. The Morgan fingerprint density at radius 3 is 2.89 bits per heavy atom. The predicted molar refractivity (Wildman–Crippen MR) is 66.4 cm³/mol. The molecule has 0 aromatic carbocycles. The third-order valence-corrected chi connectivity index (χ3v) is 4.24. The summed E-state index contributed by atoms with van der Waals surface area (Å²) in [5.74, 6) is -0.162. The topological polar surface area (TPSA) is 47.9 Å². The fourth-order valence-electron chi connectivity index (χ4n) is 1.69. The van der Waals surface area contributed by atoms with Crippen molar-refractivity contribution in [3.63, 3.8) is 0 Å².